The molecular weight excluding hydrogens is 390 g/mol. The van der Waals surface area contributed by atoms with Crippen molar-refractivity contribution in [3.63, 3.8) is 0 Å². The Balaban J connectivity index is 1.34. The smallest absolute Gasteiger partial charge is 0.0702 e. The molecule has 2 aliphatic heterocycles. The maximum Gasteiger partial charge on any atom is 0.0702 e. The largest absolute Gasteiger partial charge is 0.370 e. The molecule has 1 fully saturated rings. The van der Waals surface area contributed by atoms with Crippen molar-refractivity contribution < 1.29 is 0 Å². The summed E-state index contributed by atoms with van der Waals surface area (Å²) in [5.41, 5.74) is 7.29. The van der Waals surface area contributed by atoms with Crippen LogP contribution in [0.2, 0.25) is 5.02 Å². The number of aromatic nitrogens is 1. The topological polar surface area (TPSA) is 19.4 Å². The normalized spacial score (nSPS) is 19.1. The number of rotatable bonds is 4. The molecule has 0 spiro atoms. The van der Waals surface area contributed by atoms with Gasteiger partial charge in [0.25, 0.3) is 0 Å². The summed E-state index contributed by atoms with van der Waals surface area (Å²) in [4.78, 5) is 9.88. The first-order chi connectivity index (χ1) is 14.7. The molecule has 3 aromatic rings. The second kappa shape index (κ2) is 8.41. The predicted molar refractivity (Wildman–Crippen MR) is 126 cm³/mol. The fourth-order valence-electron chi connectivity index (χ4n) is 4.86. The van der Waals surface area contributed by atoms with Gasteiger partial charge in [-0.15, -0.1) is 0 Å². The standard InChI is InChI=1S/C26H28ClN3/c1-29-24(18-30-14-2-3-15-30)11-6-21-16-20(8-13-26(21)29)25-12-7-22(17-28-25)19-4-9-23(27)10-5-19/h4-5,7-10,12-13,16-17,24H,2-3,6,11,14-15,18H2,1H3. The van der Waals surface area contributed by atoms with Crippen LogP contribution < -0.4 is 4.90 Å². The Hall–Kier alpha value is -2.36. The highest BCUT2D eigenvalue weighted by atomic mass is 35.5. The molecule has 2 aromatic carbocycles. The quantitative estimate of drug-likeness (QED) is 0.525. The van der Waals surface area contributed by atoms with Crippen molar-refractivity contribution in [1.29, 1.82) is 0 Å². The molecular formula is C26H28ClN3. The molecule has 1 atom stereocenters. The summed E-state index contributed by atoms with van der Waals surface area (Å²) in [6.45, 7) is 3.74. The molecule has 0 aliphatic carbocycles. The number of likely N-dealkylation sites (N-methyl/N-ethyl adjacent to an activating group) is 1. The van der Waals surface area contributed by atoms with Crippen molar-refractivity contribution >= 4 is 17.3 Å². The number of nitrogens with zero attached hydrogens (tertiary/aromatic N) is 3. The van der Waals surface area contributed by atoms with E-state index in [9.17, 15) is 0 Å². The molecule has 5 rings (SSSR count). The first-order valence-corrected chi connectivity index (χ1v) is 11.4. The maximum atomic E-state index is 6.00. The summed E-state index contributed by atoms with van der Waals surface area (Å²) >= 11 is 6.00. The number of halogens is 1. The summed E-state index contributed by atoms with van der Waals surface area (Å²) in [5, 5.41) is 0.755. The third-order valence-corrected chi connectivity index (χ3v) is 6.91. The molecule has 0 N–H and O–H groups in total. The van der Waals surface area contributed by atoms with Crippen molar-refractivity contribution in [3.05, 3.63) is 71.4 Å². The van der Waals surface area contributed by atoms with Crippen LogP contribution in [-0.2, 0) is 6.42 Å². The zero-order valence-electron chi connectivity index (χ0n) is 17.5. The number of hydrogen-bond acceptors (Lipinski definition) is 3. The van der Waals surface area contributed by atoms with Gasteiger partial charge in [0.05, 0.1) is 5.69 Å². The molecule has 1 aromatic heterocycles. The fraction of sp³-hybridized carbons (Fsp3) is 0.346. The monoisotopic (exact) mass is 417 g/mol. The first kappa shape index (κ1) is 19.6. The molecule has 0 bridgehead atoms. The number of anilines is 1. The number of benzene rings is 2. The highest BCUT2D eigenvalue weighted by Crippen LogP contribution is 2.34. The van der Waals surface area contributed by atoms with E-state index in [2.05, 4.69) is 47.2 Å². The molecule has 3 nitrogen and oxygen atoms in total. The van der Waals surface area contributed by atoms with Crippen molar-refractivity contribution in [2.45, 2.75) is 31.7 Å². The molecule has 30 heavy (non-hydrogen) atoms. The van der Waals surface area contributed by atoms with Gasteiger partial charge in [0.1, 0.15) is 0 Å². The lowest BCUT2D eigenvalue weighted by atomic mass is 9.93. The van der Waals surface area contributed by atoms with E-state index in [1.165, 1.54) is 55.7 Å². The van der Waals surface area contributed by atoms with E-state index in [-0.39, 0.29) is 0 Å². The maximum absolute atomic E-state index is 6.00. The minimum absolute atomic E-state index is 0.623. The van der Waals surface area contributed by atoms with E-state index in [1.54, 1.807) is 0 Å². The van der Waals surface area contributed by atoms with Gasteiger partial charge < -0.3 is 9.80 Å². The lowest BCUT2D eigenvalue weighted by Gasteiger charge is -2.38. The molecule has 3 heterocycles. The SMILES string of the molecule is CN1c2ccc(-c3ccc(-c4ccc(Cl)cc4)cn3)cc2CCC1CN1CCCC1. The van der Waals surface area contributed by atoms with Crippen molar-refractivity contribution in [2.24, 2.45) is 0 Å². The van der Waals surface area contributed by atoms with Gasteiger partial charge in [-0.25, -0.2) is 0 Å². The summed E-state index contributed by atoms with van der Waals surface area (Å²) in [7, 11) is 2.26. The minimum Gasteiger partial charge on any atom is -0.370 e. The van der Waals surface area contributed by atoms with Gasteiger partial charge in [-0.1, -0.05) is 35.9 Å². The lowest BCUT2D eigenvalue weighted by Crippen LogP contribution is -2.44. The van der Waals surface area contributed by atoms with E-state index < -0.39 is 0 Å². The zero-order chi connectivity index (χ0) is 20.5. The second-order valence-electron chi connectivity index (χ2n) is 8.59. The van der Waals surface area contributed by atoms with Crippen LogP contribution in [0, 0.1) is 0 Å². The summed E-state index contributed by atoms with van der Waals surface area (Å²) in [6.07, 6.45) is 7.05. The van der Waals surface area contributed by atoms with Gasteiger partial charge in [-0.05, 0) is 80.2 Å². The Kier molecular flexibility index (Phi) is 5.49. The number of aryl methyl sites for hydroxylation is 1. The van der Waals surface area contributed by atoms with Crippen LogP contribution in [0.25, 0.3) is 22.4 Å². The summed E-state index contributed by atoms with van der Waals surface area (Å²) < 4.78 is 0. The van der Waals surface area contributed by atoms with Crippen LogP contribution in [0.3, 0.4) is 0 Å². The Morgan fingerprint density at radius 2 is 1.67 bits per heavy atom. The van der Waals surface area contributed by atoms with E-state index in [0.29, 0.717) is 6.04 Å². The van der Waals surface area contributed by atoms with Crippen molar-refractivity contribution in [2.75, 3.05) is 31.6 Å². The molecule has 0 radical (unpaired) electrons. The minimum atomic E-state index is 0.623. The highest BCUT2D eigenvalue weighted by Gasteiger charge is 2.26. The molecule has 1 saturated heterocycles. The van der Waals surface area contributed by atoms with Gasteiger partial charge in [0.2, 0.25) is 0 Å². The third kappa shape index (κ3) is 3.97. The Morgan fingerprint density at radius 1 is 0.933 bits per heavy atom. The van der Waals surface area contributed by atoms with Gasteiger partial charge in [0, 0.05) is 47.7 Å². The Bertz CT molecular complexity index is 1010. The molecule has 1 unspecified atom stereocenters. The van der Waals surface area contributed by atoms with Crippen LogP contribution in [0.15, 0.2) is 60.8 Å². The van der Waals surface area contributed by atoms with Gasteiger partial charge >= 0.3 is 0 Å². The van der Waals surface area contributed by atoms with Crippen LogP contribution in [0.4, 0.5) is 5.69 Å². The lowest BCUT2D eigenvalue weighted by molar-refractivity contribution is 0.300. The predicted octanol–water partition coefficient (Wildman–Crippen LogP) is 5.92. The van der Waals surface area contributed by atoms with Crippen LogP contribution in [0.1, 0.15) is 24.8 Å². The van der Waals surface area contributed by atoms with Gasteiger partial charge in [0.15, 0.2) is 0 Å². The number of likely N-dealkylation sites (tertiary alicyclic amines) is 1. The molecule has 2 aliphatic rings. The number of pyridine rings is 1. The fourth-order valence-corrected chi connectivity index (χ4v) is 4.98. The molecule has 0 saturated carbocycles. The summed E-state index contributed by atoms with van der Waals surface area (Å²) in [5.74, 6) is 0. The molecule has 154 valence electrons. The number of hydrogen-bond donors (Lipinski definition) is 0. The Labute approximate surface area is 184 Å². The van der Waals surface area contributed by atoms with Crippen LogP contribution in [-0.4, -0.2) is 42.6 Å². The van der Waals surface area contributed by atoms with Gasteiger partial charge in [-0.3, -0.25) is 4.98 Å². The van der Waals surface area contributed by atoms with E-state index >= 15 is 0 Å². The third-order valence-electron chi connectivity index (χ3n) is 6.66. The van der Waals surface area contributed by atoms with Crippen molar-refractivity contribution in [3.8, 4) is 22.4 Å². The molecule has 0 amide bonds. The van der Waals surface area contributed by atoms with Crippen LogP contribution in [0.5, 0.6) is 0 Å². The zero-order valence-corrected chi connectivity index (χ0v) is 18.3. The van der Waals surface area contributed by atoms with Crippen molar-refractivity contribution in [1.82, 2.24) is 9.88 Å². The second-order valence-corrected chi connectivity index (χ2v) is 9.03. The van der Waals surface area contributed by atoms with E-state index in [0.717, 1.165) is 28.3 Å². The van der Waals surface area contributed by atoms with E-state index in [1.807, 2.05) is 30.5 Å². The molecule has 4 heteroatoms. The first-order valence-electron chi connectivity index (χ1n) is 11.0. The summed E-state index contributed by atoms with van der Waals surface area (Å²) in [6, 6.07) is 19.6. The highest BCUT2D eigenvalue weighted by molar-refractivity contribution is 6.30. The van der Waals surface area contributed by atoms with E-state index in [4.69, 9.17) is 16.6 Å². The number of fused-ring (bicyclic) bond motifs is 1. The average molecular weight is 418 g/mol. The van der Waals surface area contributed by atoms with Crippen LogP contribution >= 0.6 is 11.6 Å². The average Bonchev–Trinajstić information content (AvgIpc) is 3.29. The van der Waals surface area contributed by atoms with Gasteiger partial charge in [-0.2, -0.15) is 0 Å². The Morgan fingerprint density at radius 3 is 2.40 bits per heavy atom.